The molecular formula is C20H28BrIN4O. The molecule has 1 aliphatic rings. The van der Waals surface area contributed by atoms with Crippen molar-refractivity contribution in [2.45, 2.75) is 51.5 Å². The van der Waals surface area contributed by atoms with Crippen molar-refractivity contribution in [3.05, 3.63) is 51.3 Å². The van der Waals surface area contributed by atoms with Crippen molar-refractivity contribution in [2.24, 2.45) is 4.99 Å². The number of aliphatic imine (C=N–C) groups is 1. The van der Waals surface area contributed by atoms with E-state index in [0.29, 0.717) is 6.54 Å². The minimum Gasteiger partial charge on any atom is -0.361 e. The zero-order chi connectivity index (χ0) is 18.6. The van der Waals surface area contributed by atoms with E-state index >= 15 is 0 Å². The summed E-state index contributed by atoms with van der Waals surface area (Å²) >= 11 is 3.58. The van der Waals surface area contributed by atoms with Gasteiger partial charge < -0.3 is 15.2 Å². The van der Waals surface area contributed by atoms with Crippen molar-refractivity contribution in [3.63, 3.8) is 0 Å². The third kappa shape index (κ3) is 5.25. The zero-order valence-electron chi connectivity index (χ0n) is 16.1. The van der Waals surface area contributed by atoms with Gasteiger partial charge in [0.25, 0.3) is 0 Å². The Balaban J connectivity index is 0.00000261. The number of halogens is 2. The summed E-state index contributed by atoms with van der Waals surface area (Å²) in [4.78, 5) is 4.37. The second-order valence-electron chi connectivity index (χ2n) is 6.81. The Morgan fingerprint density at radius 2 is 2.04 bits per heavy atom. The molecule has 27 heavy (non-hydrogen) atoms. The van der Waals surface area contributed by atoms with E-state index in [2.05, 4.69) is 74.8 Å². The first-order valence-electron chi connectivity index (χ1n) is 9.28. The van der Waals surface area contributed by atoms with Crippen LogP contribution < -0.4 is 10.6 Å². The molecule has 1 aliphatic carbocycles. The lowest BCUT2D eigenvalue weighted by molar-refractivity contribution is 0.380. The second kappa shape index (κ2) is 9.91. The van der Waals surface area contributed by atoms with Gasteiger partial charge in [0.2, 0.25) is 0 Å². The standard InChI is InChI=1S/C20H27BrN4O.HI/c1-4-17-16(18(5-2)26-25-17)12-23-19(22-3)24-13-20(9-10-20)14-7-6-8-15(21)11-14;/h6-8,11H,4-5,9-10,12-13H2,1-3H3,(H2,22,23,24);1H. The SMILES string of the molecule is CCc1noc(CC)c1CNC(=NC)NCC1(c2cccc(Br)c2)CC1.I. The summed E-state index contributed by atoms with van der Waals surface area (Å²) in [6.07, 6.45) is 4.14. The molecule has 3 rings (SSSR count). The Morgan fingerprint density at radius 3 is 2.63 bits per heavy atom. The van der Waals surface area contributed by atoms with Crippen molar-refractivity contribution in [1.82, 2.24) is 15.8 Å². The van der Waals surface area contributed by atoms with E-state index in [9.17, 15) is 0 Å². The summed E-state index contributed by atoms with van der Waals surface area (Å²) in [5.41, 5.74) is 3.79. The number of guanidine groups is 1. The lowest BCUT2D eigenvalue weighted by Gasteiger charge is -2.19. The fourth-order valence-corrected chi connectivity index (χ4v) is 3.72. The monoisotopic (exact) mass is 546 g/mol. The Hall–Kier alpha value is -1.09. The summed E-state index contributed by atoms with van der Waals surface area (Å²) in [5, 5.41) is 11.1. The molecule has 2 N–H and O–H groups in total. The topological polar surface area (TPSA) is 62.5 Å². The van der Waals surface area contributed by atoms with Gasteiger partial charge in [-0.3, -0.25) is 4.99 Å². The first-order valence-corrected chi connectivity index (χ1v) is 10.1. The maximum absolute atomic E-state index is 5.44. The average Bonchev–Trinajstić information content (AvgIpc) is 3.35. The Labute approximate surface area is 186 Å². The van der Waals surface area contributed by atoms with Crippen LogP contribution in [0.1, 0.15) is 49.3 Å². The lowest BCUT2D eigenvalue weighted by atomic mass is 9.96. The predicted molar refractivity (Wildman–Crippen MR) is 124 cm³/mol. The van der Waals surface area contributed by atoms with Gasteiger partial charge in [-0.1, -0.05) is 47.1 Å². The molecule has 0 unspecified atom stereocenters. The van der Waals surface area contributed by atoms with Gasteiger partial charge in [-0.05, 0) is 37.0 Å². The third-order valence-electron chi connectivity index (χ3n) is 5.15. The molecule has 1 aromatic heterocycles. The second-order valence-corrected chi connectivity index (χ2v) is 7.72. The molecule has 148 valence electrons. The van der Waals surface area contributed by atoms with Crippen LogP contribution in [-0.4, -0.2) is 24.7 Å². The number of nitrogens with one attached hydrogen (secondary N) is 2. The minimum absolute atomic E-state index is 0. The van der Waals surface area contributed by atoms with Crippen molar-refractivity contribution in [1.29, 1.82) is 0 Å². The fourth-order valence-electron chi connectivity index (χ4n) is 3.32. The van der Waals surface area contributed by atoms with Crippen molar-refractivity contribution < 1.29 is 4.52 Å². The molecule has 0 amide bonds. The molecule has 0 bridgehead atoms. The van der Waals surface area contributed by atoms with Crippen molar-refractivity contribution >= 4 is 45.9 Å². The highest BCUT2D eigenvalue weighted by Gasteiger charge is 2.44. The molecule has 1 aromatic carbocycles. The van der Waals surface area contributed by atoms with Crippen molar-refractivity contribution in [3.8, 4) is 0 Å². The van der Waals surface area contributed by atoms with E-state index in [0.717, 1.165) is 46.8 Å². The molecule has 1 fully saturated rings. The minimum atomic E-state index is 0. The van der Waals surface area contributed by atoms with E-state index in [1.165, 1.54) is 18.4 Å². The molecule has 1 heterocycles. The van der Waals surface area contributed by atoms with Gasteiger partial charge in [0.15, 0.2) is 5.96 Å². The van der Waals surface area contributed by atoms with Gasteiger partial charge >= 0.3 is 0 Å². The van der Waals surface area contributed by atoms with Crippen molar-refractivity contribution in [2.75, 3.05) is 13.6 Å². The van der Waals surface area contributed by atoms with Gasteiger partial charge in [0.05, 0.1) is 5.69 Å². The van der Waals surface area contributed by atoms with Crippen LogP contribution in [0.3, 0.4) is 0 Å². The van der Waals surface area contributed by atoms with Gasteiger partial charge in [-0.2, -0.15) is 0 Å². The maximum Gasteiger partial charge on any atom is 0.191 e. The highest BCUT2D eigenvalue weighted by Crippen LogP contribution is 2.48. The quantitative estimate of drug-likeness (QED) is 0.303. The van der Waals surface area contributed by atoms with E-state index in [1.807, 2.05) is 7.05 Å². The van der Waals surface area contributed by atoms with Gasteiger partial charge in [-0.15, -0.1) is 24.0 Å². The van der Waals surface area contributed by atoms with Crippen LogP contribution in [0.25, 0.3) is 0 Å². The molecule has 7 heteroatoms. The van der Waals surface area contributed by atoms with Crippen LogP contribution in [0.2, 0.25) is 0 Å². The summed E-state index contributed by atoms with van der Waals surface area (Å²) in [5.74, 6) is 1.77. The average molecular weight is 547 g/mol. The molecular weight excluding hydrogens is 519 g/mol. The molecule has 0 spiro atoms. The molecule has 0 atom stereocenters. The Kier molecular flexibility index (Phi) is 8.15. The van der Waals surface area contributed by atoms with E-state index in [1.54, 1.807) is 0 Å². The predicted octanol–water partition coefficient (Wildman–Crippen LogP) is 4.58. The van der Waals surface area contributed by atoms with E-state index in [4.69, 9.17) is 4.52 Å². The molecule has 0 saturated heterocycles. The first kappa shape index (κ1) is 22.2. The van der Waals surface area contributed by atoms with Crippen LogP contribution in [0.15, 0.2) is 38.3 Å². The molecule has 5 nitrogen and oxygen atoms in total. The van der Waals surface area contributed by atoms with Crippen LogP contribution in [0.5, 0.6) is 0 Å². The van der Waals surface area contributed by atoms with Gasteiger partial charge in [0, 0.05) is 42.0 Å². The zero-order valence-corrected chi connectivity index (χ0v) is 20.1. The van der Waals surface area contributed by atoms with Crippen LogP contribution in [-0.2, 0) is 24.8 Å². The summed E-state index contributed by atoms with van der Waals surface area (Å²) < 4.78 is 6.57. The van der Waals surface area contributed by atoms with Crippen LogP contribution in [0, 0.1) is 0 Å². The number of nitrogens with zero attached hydrogens (tertiary/aromatic N) is 2. The Morgan fingerprint density at radius 1 is 1.26 bits per heavy atom. The van der Waals surface area contributed by atoms with Crippen LogP contribution >= 0.6 is 39.9 Å². The summed E-state index contributed by atoms with van der Waals surface area (Å²) in [6, 6.07) is 8.62. The number of aromatic nitrogens is 1. The lowest BCUT2D eigenvalue weighted by Crippen LogP contribution is -2.41. The molecule has 2 aromatic rings. The first-order chi connectivity index (χ1) is 12.6. The maximum atomic E-state index is 5.44. The van der Waals surface area contributed by atoms with E-state index in [-0.39, 0.29) is 29.4 Å². The van der Waals surface area contributed by atoms with Crippen LogP contribution in [0.4, 0.5) is 0 Å². The molecule has 1 saturated carbocycles. The summed E-state index contributed by atoms with van der Waals surface area (Å²) in [7, 11) is 1.81. The Bertz CT molecular complexity index is 765. The third-order valence-corrected chi connectivity index (χ3v) is 5.64. The molecule has 0 radical (unpaired) electrons. The molecule has 0 aliphatic heterocycles. The van der Waals surface area contributed by atoms with Gasteiger partial charge in [-0.25, -0.2) is 0 Å². The highest BCUT2D eigenvalue weighted by atomic mass is 127. The number of hydrogen-bond donors (Lipinski definition) is 2. The number of hydrogen-bond acceptors (Lipinski definition) is 3. The fraction of sp³-hybridized carbons (Fsp3) is 0.500. The van der Waals surface area contributed by atoms with Gasteiger partial charge in [0.1, 0.15) is 5.76 Å². The number of rotatable bonds is 7. The highest BCUT2D eigenvalue weighted by molar-refractivity contribution is 14.0. The number of benzene rings is 1. The number of aryl methyl sites for hydroxylation is 2. The van der Waals surface area contributed by atoms with E-state index < -0.39 is 0 Å². The normalized spacial score (nSPS) is 15.2. The summed E-state index contributed by atoms with van der Waals surface area (Å²) in [6.45, 7) is 5.75. The largest absolute Gasteiger partial charge is 0.361 e. The smallest absolute Gasteiger partial charge is 0.191 e.